The maximum Gasteiger partial charge on any atom is 0.242 e. The van der Waals surface area contributed by atoms with Gasteiger partial charge in [0.05, 0.1) is 5.54 Å². The van der Waals surface area contributed by atoms with Gasteiger partial charge in [0.25, 0.3) is 0 Å². The summed E-state index contributed by atoms with van der Waals surface area (Å²) < 4.78 is 0.295. The Labute approximate surface area is 115 Å². The van der Waals surface area contributed by atoms with Crippen molar-refractivity contribution in [3.8, 4) is 0 Å². The molecular weight excluding hydrogens is 244 g/mol. The summed E-state index contributed by atoms with van der Waals surface area (Å²) in [5.41, 5.74) is 5.80. The molecule has 1 heterocycles. The zero-order valence-electron chi connectivity index (χ0n) is 11.7. The van der Waals surface area contributed by atoms with E-state index in [1.165, 1.54) is 6.42 Å². The fraction of sp³-hybridized carbons (Fsp3) is 0.929. The maximum absolute atomic E-state index is 12.6. The van der Waals surface area contributed by atoms with Crippen molar-refractivity contribution in [2.24, 2.45) is 5.73 Å². The van der Waals surface area contributed by atoms with E-state index in [0.717, 1.165) is 50.9 Å². The average Bonchev–Trinajstić information content (AvgIpc) is 2.50. The molecule has 0 spiro atoms. The fourth-order valence-electron chi connectivity index (χ4n) is 2.93. The number of carbonyl (C=O) groups is 1. The van der Waals surface area contributed by atoms with E-state index in [2.05, 4.69) is 13.8 Å². The summed E-state index contributed by atoms with van der Waals surface area (Å²) in [6.07, 6.45) is 6.26. The third-order valence-corrected chi connectivity index (χ3v) is 5.67. The van der Waals surface area contributed by atoms with Crippen molar-refractivity contribution < 1.29 is 4.79 Å². The van der Waals surface area contributed by atoms with Crippen LogP contribution >= 0.6 is 11.8 Å². The van der Waals surface area contributed by atoms with Crippen LogP contribution in [0.4, 0.5) is 0 Å². The summed E-state index contributed by atoms with van der Waals surface area (Å²) >= 11 is 1.97. The lowest BCUT2D eigenvalue weighted by molar-refractivity contribution is -0.138. The first-order chi connectivity index (χ1) is 8.43. The first-order valence-electron chi connectivity index (χ1n) is 7.15. The van der Waals surface area contributed by atoms with Crippen LogP contribution in [-0.4, -0.2) is 39.9 Å². The Kier molecular flexibility index (Phi) is 4.27. The van der Waals surface area contributed by atoms with Crippen LogP contribution in [-0.2, 0) is 4.79 Å². The molecule has 1 aliphatic carbocycles. The first kappa shape index (κ1) is 14.2. The number of hydrogen-bond donors (Lipinski definition) is 1. The predicted octanol–water partition coefficient (Wildman–Crippen LogP) is 2.39. The number of thioether (sulfide) groups is 1. The molecule has 0 aromatic rings. The molecule has 2 N–H and O–H groups in total. The van der Waals surface area contributed by atoms with Gasteiger partial charge in [-0.1, -0.05) is 33.1 Å². The molecule has 0 atom stereocenters. The molecule has 0 aromatic carbocycles. The van der Waals surface area contributed by atoms with Gasteiger partial charge < -0.3 is 10.6 Å². The van der Waals surface area contributed by atoms with Gasteiger partial charge in [0.15, 0.2) is 0 Å². The molecule has 4 heteroatoms. The Bertz CT molecular complexity index is 311. The van der Waals surface area contributed by atoms with Crippen LogP contribution in [0.1, 0.15) is 52.4 Å². The zero-order chi connectivity index (χ0) is 13.2. The van der Waals surface area contributed by atoms with E-state index in [0.29, 0.717) is 4.75 Å². The Morgan fingerprint density at radius 3 is 2.44 bits per heavy atom. The second-order valence-electron chi connectivity index (χ2n) is 6.37. The van der Waals surface area contributed by atoms with E-state index in [-0.39, 0.29) is 5.91 Å². The van der Waals surface area contributed by atoms with Gasteiger partial charge in [-0.05, 0) is 19.3 Å². The Morgan fingerprint density at radius 2 is 1.78 bits per heavy atom. The smallest absolute Gasteiger partial charge is 0.242 e. The second-order valence-corrected chi connectivity index (χ2v) is 8.17. The van der Waals surface area contributed by atoms with E-state index >= 15 is 0 Å². The highest BCUT2D eigenvalue weighted by atomic mass is 32.2. The van der Waals surface area contributed by atoms with Crippen molar-refractivity contribution in [2.75, 3.05) is 18.8 Å². The van der Waals surface area contributed by atoms with Crippen LogP contribution in [0.15, 0.2) is 0 Å². The molecule has 1 saturated heterocycles. The minimum absolute atomic E-state index is 0.209. The Morgan fingerprint density at radius 1 is 1.11 bits per heavy atom. The lowest BCUT2D eigenvalue weighted by Crippen LogP contribution is -2.56. The van der Waals surface area contributed by atoms with Crippen LogP contribution in [0.5, 0.6) is 0 Å². The number of carbonyl (C=O) groups excluding carboxylic acids is 1. The molecule has 0 bridgehead atoms. The molecule has 1 saturated carbocycles. The Balaban J connectivity index is 2.00. The Hall–Kier alpha value is -0.220. The highest BCUT2D eigenvalue weighted by Crippen LogP contribution is 2.33. The molecule has 1 amide bonds. The van der Waals surface area contributed by atoms with Gasteiger partial charge in [0.2, 0.25) is 5.91 Å². The van der Waals surface area contributed by atoms with Gasteiger partial charge in [-0.25, -0.2) is 0 Å². The average molecular weight is 270 g/mol. The molecule has 0 radical (unpaired) electrons. The summed E-state index contributed by atoms with van der Waals surface area (Å²) in [6, 6.07) is 0. The van der Waals surface area contributed by atoms with E-state index in [1.807, 2.05) is 16.7 Å². The lowest BCUT2D eigenvalue weighted by atomic mass is 9.81. The SMILES string of the molecule is CC1(C)CCN(C(=O)C2(N)CCCCC2)CCS1. The molecule has 1 aliphatic heterocycles. The first-order valence-corrected chi connectivity index (χ1v) is 8.14. The molecule has 2 aliphatic rings. The lowest BCUT2D eigenvalue weighted by Gasteiger charge is -2.36. The fourth-order valence-corrected chi connectivity index (χ4v) is 4.03. The van der Waals surface area contributed by atoms with Crippen LogP contribution in [0.2, 0.25) is 0 Å². The highest BCUT2D eigenvalue weighted by Gasteiger charge is 2.39. The van der Waals surface area contributed by atoms with Gasteiger partial charge in [-0.3, -0.25) is 4.79 Å². The summed E-state index contributed by atoms with van der Waals surface area (Å²) in [7, 11) is 0. The standard InChI is InChI=1S/C14H26N2OS/c1-13(2)8-9-16(10-11-18-13)12(17)14(15)6-4-3-5-7-14/h3-11,15H2,1-2H3. The highest BCUT2D eigenvalue weighted by molar-refractivity contribution is 8.00. The number of nitrogens with two attached hydrogens (primary N) is 1. The van der Waals surface area contributed by atoms with Crippen LogP contribution in [0.25, 0.3) is 0 Å². The largest absolute Gasteiger partial charge is 0.340 e. The summed E-state index contributed by atoms with van der Waals surface area (Å²) in [6.45, 7) is 6.28. The maximum atomic E-state index is 12.6. The molecular formula is C14H26N2OS. The predicted molar refractivity (Wildman–Crippen MR) is 77.7 cm³/mol. The molecule has 2 rings (SSSR count). The van der Waals surface area contributed by atoms with E-state index in [9.17, 15) is 4.79 Å². The van der Waals surface area contributed by atoms with Crippen molar-refractivity contribution in [3.63, 3.8) is 0 Å². The van der Waals surface area contributed by atoms with E-state index < -0.39 is 5.54 Å². The van der Waals surface area contributed by atoms with E-state index in [4.69, 9.17) is 5.73 Å². The number of amides is 1. The summed E-state index contributed by atoms with van der Waals surface area (Å²) in [4.78, 5) is 14.7. The molecule has 0 unspecified atom stereocenters. The van der Waals surface area contributed by atoms with Crippen LogP contribution < -0.4 is 5.73 Å². The van der Waals surface area contributed by atoms with E-state index in [1.54, 1.807) is 0 Å². The number of nitrogens with zero attached hydrogens (tertiary/aromatic N) is 1. The van der Waals surface area contributed by atoms with Gasteiger partial charge in [0, 0.05) is 23.6 Å². The summed E-state index contributed by atoms with van der Waals surface area (Å²) in [5.74, 6) is 1.25. The number of rotatable bonds is 1. The molecule has 2 fully saturated rings. The molecule has 0 aromatic heterocycles. The van der Waals surface area contributed by atoms with Crippen molar-refractivity contribution in [2.45, 2.75) is 62.7 Å². The molecule has 3 nitrogen and oxygen atoms in total. The topological polar surface area (TPSA) is 46.3 Å². The van der Waals surface area contributed by atoms with Gasteiger partial charge in [-0.2, -0.15) is 11.8 Å². The zero-order valence-corrected chi connectivity index (χ0v) is 12.5. The summed E-state index contributed by atoms with van der Waals surface area (Å²) in [5, 5.41) is 0. The quantitative estimate of drug-likeness (QED) is 0.796. The van der Waals surface area contributed by atoms with Gasteiger partial charge in [0.1, 0.15) is 0 Å². The van der Waals surface area contributed by atoms with Crippen LogP contribution in [0.3, 0.4) is 0 Å². The van der Waals surface area contributed by atoms with Gasteiger partial charge >= 0.3 is 0 Å². The number of hydrogen-bond acceptors (Lipinski definition) is 3. The van der Waals surface area contributed by atoms with Crippen molar-refractivity contribution >= 4 is 17.7 Å². The van der Waals surface area contributed by atoms with Crippen LogP contribution in [0, 0.1) is 0 Å². The van der Waals surface area contributed by atoms with Crippen molar-refractivity contribution in [1.82, 2.24) is 4.90 Å². The van der Waals surface area contributed by atoms with Gasteiger partial charge in [-0.15, -0.1) is 0 Å². The minimum atomic E-state index is -0.558. The second kappa shape index (κ2) is 5.41. The van der Waals surface area contributed by atoms with Crippen molar-refractivity contribution in [3.05, 3.63) is 0 Å². The third kappa shape index (κ3) is 3.21. The molecule has 104 valence electrons. The minimum Gasteiger partial charge on any atom is -0.340 e. The van der Waals surface area contributed by atoms with Crippen molar-refractivity contribution in [1.29, 1.82) is 0 Å². The normalized spacial score (nSPS) is 27.6. The monoisotopic (exact) mass is 270 g/mol. The molecule has 18 heavy (non-hydrogen) atoms. The third-order valence-electron chi connectivity index (χ3n) is 4.30.